The highest BCUT2D eigenvalue weighted by Crippen LogP contribution is 2.44. The van der Waals surface area contributed by atoms with Gasteiger partial charge in [-0.15, -0.1) is 0 Å². The van der Waals surface area contributed by atoms with Crippen LogP contribution in [0.1, 0.15) is 35.2 Å². The molecule has 1 aliphatic rings. The second-order valence-corrected chi connectivity index (χ2v) is 8.32. The number of aromatic amines is 1. The van der Waals surface area contributed by atoms with Gasteiger partial charge in [-0.05, 0) is 35.2 Å². The molecule has 0 radical (unpaired) electrons. The van der Waals surface area contributed by atoms with Gasteiger partial charge in [-0.2, -0.15) is 0 Å². The van der Waals surface area contributed by atoms with Crippen LogP contribution in [0, 0.1) is 0 Å². The van der Waals surface area contributed by atoms with E-state index in [0.29, 0.717) is 19.7 Å². The predicted molar refractivity (Wildman–Crippen MR) is 129 cm³/mol. The maximum Gasteiger partial charge on any atom is 0.410 e. The number of H-pyrrole nitrogens is 1. The van der Waals surface area contributed by atoms with E-state index in [2.05, 4.69) is 29.2 Å². The van der Waals surface area contributed by atoms with Crippen molar-refractivity contribution >= 4 is 23.3 Å². The van der Waals surface area contributed by atoms with Crippen molar-refractivity contribution < 1.29 is 14.3 Å². The molecule has 5 rings (SSSR count). The lowest BCUT2D eigenvalue weighted by molar-refractivity contribution is -0.107. The summed E-state index contributed by atoms with van der Waals surface area (Å²) in [6.45, 7) is 3.13. The van der Waals surface area contributed by atoms with Crippen molar-refractivity contribution in [3.8, 4) is 11.1 Å². The molecule has 1 aromatic heterocycles. The van der Waals surface area contributed by atoms with Crippen LogP contribution in [0.3, 0.4) is 0 Å². The molecular formula is C28H26N2O3. The molecule has 1 amide bonds. The second kappa shape index (κ2) is 8.94. The number of aromatic nitrogens is 1. The number of nitrogens with one attached hydrogen (secondary N) is 1. The Balaban J connectivity index is 1.36. The second-order valence-electron chi connectivity index (χ2n) is 8.32. The third-order valence-electron chi connectivity index (χ3n) is 6.51. The Kier molecular flexibility index (Phi) is 5.69. The Labute approximate surface area is 193 Å². The molecular weight excluding hydrogens is 412 g/mol. The number of hydrogen-bond acceptors (Lipinski definition) is 3. The van der Waals surface area contributed by atoms with E-state index >= 15 is 0 Å². The van der Waals surface area contributed by atoms with E-state index in [0.717, 1.165) is 28.4 Å². The fourth-order valence-corrected chi connectivity index (χ4v) is 4.88. The summed E-state index contributed by atoms with van der Waals surface area (Å²) < 4.78 is 5.86. The maximum atomic E-state index is 13.1. The van der Waals surface area contributed by atoms with Gasteiger partial charge < -0.3 is 19.4 Å². The topological polar surface area (TPSA) is 62.4 Å². The quantitative estimate of drug-likeness (QED) is 0.378. The Hall–Kier alpha value is -3.86. The van der Waals surface area contributed by atoms with Crippen LogP contribution in [0.15, 0.2) is 72.8 Å². The zero-order valence-corrected chi connectivity index (χ0v) is 18.6. The fraction of sp³-hybridized carbons (Fsp3) is 0.214. The van der Waals surface area contributed by atoms with Gasteiger partial charge in [0.1, 0.15) is 12.9 Å². The predicted octanol–water partition coefficient (Wildman–Crippen LogP) is 5.68. The van der Waals surface area contributed by atoms with Crippen LogP contribution in [0.5, 0.6) is 0 Å². The number of rotatable bonds is 7. The van der Waals surface area contributed by atoms with E-state index in [4.69, 9.17) is 4.74 Å². The average molecular weight is 439 g/mol. The molecule has 0 atom stereocenters. The third kappa shape index (κ3) is 3.80. The van der Waals surface area contributed by atoms with Crippen molar-refractivity contribution in [2.24, 2.45) is 0 Å². The highest BCUT2D eigenvalue weighted by Gasteiger charge is 2.29. The summed E-state index contributed by atoms with van der Waals surface area (Å²) >= 11 is 0. The molecule has 0 fully saturated rings. The zero-order chi connectivity index (χ0) is 22.8. The van der Waals surface area contributed by atoms with Crippen molar-refractivity contribution in [1.82, 2.24) is 9.88 Å². The summed E-state index contributed by atoms with van der Waals surface area (Å²) in [7, 11) is 0. The zero-order valence-electron chi connectivity index (χ0n) is 18.6. The number of para-hydroxylation sites is 1. The van der Waals surface area contributed by atoms with Gasteiger partial charge in [0.15, 0.2) is 0 Å². The standard InChI is InChI=1S/C28H26N2O3/c1-2-30(17-24-23-13-7-8-14-26(23)29-27(24)15-16-31)28(32)33-18-25-21-11-5-3-9-19(21)20-10-4-6-12-22(20)25/h3-14,16,25,29H,2,15,17-18H2,1H3. The van der Waals surface area contributed by atoms with E-state index < -0.39 is 0 Å². The first kappa shape index (κ1) is 21.0. The first-order valence-electron chi connectivity index (χ1n) is 11.3. The lowest BCUT2D eigenvalue weighted by Crippen LogP contribution is -2.32. The molecule has 0 aliphatic heterocycles. The molecule has 33 heavy (non-hydrogen) atoms. The third-order valence-corrected chi connectivity index (χ3v) is 6.51. The van der Waals surface area contributed by atoms with Crippen molar-refractivity contribution in [2.45, 2.75) is 25.8 Å². The number of hydrogen-bond donors (Lipinski definition) is 1. The molecule has 1 heterocycles. The summed E-state index contributed by atoms with van der Waals surface area (Å²) in [5, 5.41) is 1.03. The first-order chi connectivity index (χ1) is 16.2. The first-order valence-corrected chi connectivity index (χ1v) is 11.3. The maximum absolute atomic E-state index is 13.1. The van der Waals surface area contributed by atoms with Crippen LogP contribution in [-0.2, 0) is 22.5 Å². The highest BCUT2D eigenvalue weighted by atomic mass is 16.6. The molecule has 0 spiro atoms. The van der Waals surface area contributed by atoms with Crippen LogP contribution in [0.4, 0.5) is 4.79 Å². The van der Waals surface area contributed by atoms with Gasteiger partial charge in [0.2, 0.25) is 0 Å². The van der Waals surface area contributed by atoms with Gasteiger partial charge in [-0.3, -0.25) is 0 Å². The Morgan fingerprint density at radius 2 is 1.61 bits per heavy atom. The number of carbonyl (C=O) groups is 2. The van der Waals surface area contributed by atoms with Gasteiger partial charge in [0.05, 0.1) is 6.54 Å². The number of fused-ring (bicyclic) bond motifs is 4. The Bertz CT molecular complexity index is 1280. The van der Waals surface area contributed by atoms with Crippen LogP contribution in [0.25, 0.3) is 22.0 Å². The molecule has 0 unspecified atom stereocenters. The van der Waals surface area contributed by atoms with Crippen molar-refractivity contribution in [3.05, 3.63) is 95.2 Å². The summed E-state index contributed by atoms with van der Waals surface area (Å²) in [5.74, 6) is 0.0266. The smallest absolute Gasteiger partial charge is 0.410 e. The summed E-state index contributed by atoms with van der Waals surface area (Å²) in [5.41, 5.74) is 7.58. The van der Waals surface area contributed by atoms with Gasteiger partial charge in [-0.1, -0.05) is 66.7 Å². The van der Waals surface area contributed by atoms with Crippen molar-refractivity contribution in [3.63, 3.8) is 0 Å². The van der Waals surface area contributed by atoms with E-state index in [9.17, 15) is 9.59 Å². The van der Waals surface area contributed by atoms with Crippen molar-refractivity contribution in [1.29, 1.82) is 0 Å². The monoisotopic (exact) mass is 438 g/mol. The van der Waals surface area contributed by atoms with E-state index in [1.807, 2.05) is 55.5 Å². The molecule has 0 saturated heterocycles. The number of ether oxygens (including phenoxy) is 1. The number of benzene rings is 3. The summed E-state index contributed by atoms with van der Waals surface area (Å²) in [6, 6.07) is 24.5. The average Bonchev–Trinajstić information content (AvgIpc) is 3.36. The van der Waals surface area contributed by atoms with Crippen LogP contribution in [0.2, 0.25) is 0 Å². The Morgan fingerprint density at radius 1 is 0.970 bits per heavy atom. The van der Waals surface area contributed by atoms with Crippen LogP contribution in [-0.4, -0.2) is 35.4 Å². The minimum atomic E-state index is -0.346. The number of aldehydes is 1. The number of amides is 1. The van der Waals surface area contributed by atoms with Crippen LogP contribution < -0.4 is 0 Å². The Morgan fingerprint density at radius 3 is 2.27 bits per heavy atom. The van der Waals surface area contributed by atoms with Gasteiger partial charge in [0, 0.05) is 41.0 Å². The number of nitrogens with zero attached hydrogens (tertiary/aromatic N) is 1. The van der Waals surface area contributed by atoms with Gasteiger partial charge in [0.25, 0.3) is 0 Å². The largest absolute Gasteiger partial charge is 0.448 e. The van der Waals surface area contributed by atoms with Crippen molar-refractivity contribution in [2.75, 3.05) is 13.2 Å². The molecule has 5 heteroatoms. The SMILES string of the molecule is CCN(Cc1c(CC=O)[nH]c2ccccc12)C(=O)OCC1c2ccccc2-c2ccccc21. The van der Waals surface area contributed by atoms with E-state index in [1.165, 1.54) is 22.3 Å². The summed E-state index contributed by atoms with van der Waals surface area (Å²) in [6.07, 6.45) is 0.825. The van der Waals surface area contributed by atoms with Gasteiger partial charge in [-0.25, -0.2) is 4.79 Å². The molecule has 0 bridgehead atoms. The summed E-state index contributed by atoms with van der Waals surface area (Å²) in [4.78, 5) is 29.3. The van der Waals surface area contributed by atoms with Gasteiger partial charge >= 0.3 is 6.09 Å². The fourth-order valence-electron chi connectivity index (χ4n) is 4.88. The van der Waals surface area contributed by atoms with Crippen LogP contribution >= 0.6 is 0 Å². The molecule has 1 aliphatic carbocycles. The lowest BCUT2D eigenvalue weighted by Gasteiger charge is -2.22. The minimum absolute atomic E-state index is 0.0266. The molecule has 1 N–H and O–H groups in total. The minimum Gasteiger partial charge on any atom is -0.448 e. The molecule has 5 nitrogen and oxygen atoms in total. The normalized spacial score (nSPS) is 12.4. The highest BCUT2D eigenvalue weighted by molar-refractivity contribution is 5.86. The molecule has 166 valence electrons. The lowest BCUT2D eigenvalue weighted by atomic mass is 9.98. The number of carbonyl (C=O) groups excluding carboxylic acids is 2. The van der Waals surface area contributed by atoms with E-state index in [1.54, 1.807) is 4.90 Å². The van der Waals surface area contributed by atoms with E-state index in [-0.39, 0.29) is 18.4 Å². The molecule has 0 saturated carbocycles. The molecule has 4 aromatic rings. The molecule has 3 aromatic carbocycles.